The predicted octanol–water partition coefficient (Wildman–Crippen LogP) is 2.48. The van der Waals surface area contributed by atoms with Gasteiger partial charge in [-0.1, -0.05) is 60.7 Å². The van der Waals surface area contributed by atoms with Crippen LogP contribution in [0.1, 0.15) is 28.4 Å². The largest absolute Gasteiger partial charge is 0.429 e. The summed E-state index contributed by atoms with van der Waals surface area (Å²) in [5, 5.41) is 19.6. The van der Waals surface area contributed by atoms with Crippen molar-refractivity contribution in [3.63, 3.8) is 0 Å². The van der Waals surface area contributed by atoms with Crippen LogP contribution >= 0.6 is 0 Å². The molecule has 5 heteroatoms. The first-order valence-electron chi connectivity index (χ1n) is 8.11. The molecule has 0 aliphatic carbocycles. The summed E-state index contributed by atoms with van der Waals surface area (Å²) in [4.78, 5) is 12.5. The highest BCUT2D eigenvalue weighted by Crippen LogP contribution is 2.24. The van der Waals surface area contributed by atoms with Crippen molar-refractivity contribution in [2.24, 2.45) is 0 Å². The molecule has 1 unspecified atom stereocenters. The number of esters is 1. The van der Waals surface area contributed by atoms with Gasteiger partial charge in [0.25, 0.3) is 0 Å². The highest BCUT2D eigenvalue weighted by molar-refractivity contribution is 5.94. The first kappa shape index (κ1) is 17.4. The van der Waals surface area contributed by atoms with Crippen molar-refractivity contribution >= 4 is 18.1 Å². The van der Waals surface area contributed by atoms with Gasteiger partial charge in [0.05, 0.1) is 11.7 Å². The number of aliphatic hydroxyl groups is 2. The number of carbonyl (C=O) groups is 1. The third-order valence-electron chi connectivity index (χ3n) is 4.12. The number of benzene rings is 2. The molecular weight excluding hydrogens is 320 g/mol. The highest BCUT2D eigenvalue weighted by Gasteiger charge is 2.42. The zero-order chi connectivity index (χ0) is 17.8. The van der Waals surface area contributed by atoms with E-state index in [1.807, 2.05) is 48.6 Å². The standard InChI is InChI=1S/C20H20O5/c1-13-17(21)18(22)20(24-13)25-19(23)16-10-6-5-9-15(16)12-11-14-7-3-2-4-8-14/h2-13,17-18,20-22H,1H3/t13-,17-,18-,20?/m1/s1. The molecule has 0 aromatic heterocycles. The molecule has 2 aromatic rings. The van der Waals surface area contributed by atoms with Gasteiger partial charge in [-0.3, -0.25) is 0 Å². The number of ether oxygens (including phenoxy) is 2. The Hall–Kier alpha value is -2.47. The number of hydrogen-bond donors (Lipinski definition) is 2. The van der Waals surface area contributed by atoms with Crippen molar-refractivity contribution in [3.05, 3.63) is 71.3 Å². The van der Waals surface area contributed by atoms with E-state index in [1.54, 1.807) is 25.1 Å². The lowest BCUT2D eigenvalue weighted by atomic mass is 10.1. The van der Waals surface area contributed by atoms with Crippen LogP contribution in [-0.4, -0.2) is 40.8 Å². The van der Waals surface area contributed by atoms with E-state index in [-0.39, 0.29) is 0 Å². The lowest BCUT2D eigenvalue weighted by molar-refractivity contribution is -0.131. The summed E-state index contributed by atoms with van der Waals surface area (Å²) < 4.78 is 10.5. The fraction of sp³-hybridized carbons (Fsp3) is 0.250. The summed E-state index contributed by atoms with van der Waals surface area (Å²) in [5.41, 5.74) is 2.06. The Morgan fingerprint density at radius 3 is 2.36 bits per heavy atom. The van der Waals surface area contributed by atoms with E-state index in [4.69, 9.17) is 9.47 Å². The summed E-state index contributed by atoms with van der Waals surface area (Å²) in [6, 6.07) is 16.7. The zero-order valence-electron chi connectivity index (χ0n) is 13.8. The molecular formula is C20H20O5. The third kappa shape index (κ3) is 3.96. The van der Waals surface area contributed by atoms with Crippen LogP contribution in [-0.2, 0) is 9.47 Å². The molecule has 130 valence electrons. The molecule has 0 bridgehead atoms. The fourth-order valence-corrected chi connectivity index (χ4v) is 2.66. The minimum absolute atomic E-state index is 0.361. The van der Waals surface area contributed by atoms with Gasteiger partial charge in [0, 0.05) is 0 Å². The molecule has 1 heterocycles. The summed E-state index contributed by atoms with van der Waals surface area (Å²) in [5.74, 6) is -0.612. The molecule has 5 nitrogen and oxygen atoms in total. The molecule has 25 heavy (non-hydrogen) atoms. The lowest BCUT2D eigenvalue weighted by Crippen LogP contribution is -2.34. The number of rotatable bonds is 4. The van der Waals surface area contributed by atoms with E-state index in [9.17, 15) is 15.0 Å². The minimum atomic E-state index is -1.26. The fourth-order valence-electron chi connectivity index (χ4n) is 2.66. The summed E-state index contributed by atoms with van der Waals surface area (Å²) >= 11 is 0. The molecule has 1 aliphatic rings. The molecule has 1 aliphatic heterocycles. The van der Waals surface area contributed by atoms with Crippen molar-refractivity contribution in [1.29, 1.82) is 0 Å². The molecule has 3 rings (SSSR count). The summed E-state index contributed by atoms with van der Waals surface area (Å²) in [6.07, 6.45) is -0.379. The van der Waals surface area contributed by atoms with Crippen LogP contribution in [0.4, 0.5) is 0 Å². The molecule has 0 spiro atoms. The number of aliphatic hydroxyl groups excluding tert-OH is 2. The maximum absolute atomic E-state index is 12.5. The second kappa shape index (κ2) is 7.61. The van der Waals surface area contributed by atoms with Gasteiger partial charge in [0.15, 0.2) is 0 Å². The SMILES string of the molecule is C[C@H]1OC(OC(=O)c2ccccc2C=Cc2ccccc2)[C@H](O)[C@@H]1O. The average molecular weight is 340 g/mol. The van der Waals surface area contributed by atoms with Gasteiger partial charge < -0.3 is 19.7 Å². The van der Waals surface area contributed by atoms with E-state index >= 15 is 0 Å². The van der Waals surface area contributed by atoms with Crippen LogP contribution in [0.25, 0.3) is 12.2 Å². The Kier molecular flexibility index (Phi) is 5.28. The van der Waals surface area contributed by atoms with Crippen LogP contribution in [0, 0.1) is 0 Å². The normalized spacial score (nSPS) is 26.0. The van der Waals surface area contributed by atoms with E-state index in [0.29, 0.717) is 11.1 Å². The maximum Gasteiger partial charge on any atom is 0.341 e. The topological polar surface area (TPSA) is 76.0 Å². The van der Waals surface area contributed by atoms with E-state index in [2.05, 4.69) is 0 Å². The van der Waals surface area contributed by atoms with Crippen LogP contribution in [0.2, 0.25) is 0 Å². The lowest BCUT2D eigenvalue weighted by Gasteiger charge is -2.16. The molecule has 0 radical (unpaired) electrons. The van der Waals surface area contributed by atoms with Gasteiger partial charge in [-0.25, -0.2) is 4.79 Å². The monoisotopic (exact) mass is 340 g/mol. The average Bonchev–Trinajstić information content (AvgIpc) is 2.88. The van der Waals surface area contributed by atoms with Gasteiger partial charge in [0.2, 0.25) is 6.29 Å². The Labute approximate surface area is 146 Å². The van der Waals surface area contributed by atoms with Gasteiger partial charge in [-0.05, 0) is 24.1 Å². The molecule has 0 amide bonds. The Bertz CT molecular complexity index is 756. The van der Waals surface area contributed by atoms with Crippen LogP contribution in [0.3, 0.4) is 0 Å². The molecule has 2 aromatic carbocycles. The minimum Gasteiger partial charge on any atom is -0.429 e. The molecule has 1 saturated heterocycles. The Morgan fingerprint density at radius 2 is 1.68 bits per heavy atom. The van der Waals surface area contributed by atoms with E-state index < -0.39 is 30.6 Å². The van der Waals surface area contributed by atoms with E-state index in [0.717, 1.165) is 5.56 Å². The molecule has 4 atom stereocenters. The first-order chi connectivity index (χ1) is 12.1. The summed E-state index contributed by atoms with van der Waals surface area (Å²) in [6.45, 7) is 1.61. The van der Waals surface area contributed by atoms with Crippen molar-refractivity contribution in [3.8, 4) is 0 Å². The predicted molar refractivity (Wildman–Crippen MR) is 93.6 cm³/mol. The third-order valence-corrected chi connectivity index (χ3v) is 4.12. The quantitative estimate of drug-likeness (QED) is 0.661. The van der Waals surface area contributed by atoms with Gasteiger partial charge in [-0.15, -0.1) is 0 Å². The molecule has 1 fully saturated rings. The van der Waals surface area contributed by atoms with Crippen molar-refractivity contribution in [2.45, 2.75) is 31.5 Å². The highest BCUT2D eigenvalue weighted by atomic mass is 16.7. The summed E-state index contributed by atoms with van der Waals surface area (Å²) in [7, 11) is 0. The second-order valence-electron chi connectivity index (χ2n) is 5.93. The number of hydrogen-bond acceptors (Lipinski definition) is 5. The molecule has 0 saturated carbocycles. The number of carbonyl (C=O) groups excluding carboxylic acids is 1. The van der Waals surface area contributed by atoms with Crippen molar-refractivity contribution in [1.82, 2.24) is 0 Å². The van der Waals surface area contributed by atoms with Gasteiger partial charge in [0.1, 0.15) is 12.2 Å². The first-order valence-corrected chi connectivity index (χ1v) is 8.11. The van der Waals surface area contributed by atoms with Crippen LogP contribution in [0.15, 0.2) is 54.6 Å². The zero-order valence-corrected chi connectivity index (χ0v) is 13.8. The van der Waals surface area contributed by atoms with E-state index in [1.165, 1.54) is 0 Å². The van der Waals surface area contributed by atoms with Crippen molar-refractivity contribution in [2.75, 3.05) is 0 Å². The molecule has 2 N–H and O–H groups in total. The Balaban J connectivity index is 1.76. The van der Waals surface area contributed by atoms with Gasteiger partial charge in [-0.2, -0.15) is 0 Å². The van der Waals surface area contributed by atoms with Crippen LogP contribution in [0.5, 0.6) is 0 Å². The Morgan fingerprint density at radius 1 is 1.00 bits per heavy atom. The second-order valence-corrected chi connectivity index (χ2v) is 5.93. The van der Waals surface area contributed by atoms with Crippen molar-refractivity contribution < 1.29 is 24.5 Å². The van der Waals surface area contributed by atoms with Crippen LogP contribution < -0.4 is 0 Å². The smallest absolute Gasteiger partial charge is 0.341 e. The van der Waals surface area contributed by atoms with Gasteiger partial charge >= 0.3 is 5.97 Å². The maximum atomic E-state index is 12.5.